The largest absolute Gasteiger partial charge is 0.478 e. The number of nitrogens with zero attached hydrogens (tertiary/aromatic N) is 1. The van der Waals surface area contributed by atoms with Crippen molar-refractivity contribution in [1.29, 1.82) is 0 Å². The summed E-state index contributed by atoms with van der Waals surface area (Å²) in [6.07, 6.45) is 0. The maximum Gasteiger partial charge on any atom is 0.335 e. The zero-order chi connectivity index (χ0) is 22.9. The van der Waals surface area contributed by atoms with Crippen LogP contribution in [0.1, 0.15) is 10.4 Å². The fourth-order valence-corrected chi connectivity index (χ4v) is 4.00. The Hall–Kier alpha value is -3.80. The van der Waals surface area contributed by atoms with E-state index in [9.17, 15) is 9.90 Å². The summed E-state index contributed by atoms with van der Waals surface area (Å²) in [5.74, 6) is -0.880. The van der Waals surface area contributed by atoms with Gasteiger partial charge in [-0.2, -0.15) is 4.98 Å². The molecule has 4 aromatic carbocycles. The number of carboxylic acid groups (broad SMARTS) is 1. The topological polar surface area (TPSA) is 75.2 Å². The van der Waals surface area contributed by atoms with E-state index in [0.717, 1.165) is 22.3 Å². The third-order valence-electron chi connectivity index (χ3n) is 5.24. The van der Waals surface area contributed by atoms with Gasteiger partial charge >= 0.3 is 5.97 Å². The molecule has 162 valence electrons. The number of halogens is 2. The van der Waals surface area contributed by atoms with Crippen LogP contribution in [0.3, 0.4) is 0 Å². The van der Waals surface area contributed by atoms with Crippen molar-refractivity contribution in [2.24, 2.45) is 0 Å². The average molecular weight is 475 g/mol. The highest BCUT2D eigenvalue weighted by molar-refractivity contribution is 6.34. The summed E-state index contributed by atoms with van der Waals surface area (Å²) in [6.45, 7) is 0. The van der Waals surface area contributed by atoms with Gasteiger partial charge in [0, 0.05) is 5.56 Å². The summed E-state index contributed by atoms with van der Waals surface area (Å²) in [5.41, 5.74) is 5.47. The minimum atomic E-state index is -1.07. The first-order valence-corrected chi connectivity index (χ1v) is 10.8. The van der Waals surface area contributed by atoms with Gasteiger partial charge in [-0.3, -0.25) is 0 Å². The monoisotopic (exact) mass is 474 g/mol. The lowest BCUT2D eigenvalue weighted by Gasteiger charge is -2.07. The van der Waals surface area contributed by atoms with Crippen LogP contribution in [0, 0.1) is 0 Å². The Morgan fingerprint density at radius 2 is 1.52 bits per heavy atom. The molecule has 5 aromatic rings. The Kier molecular flexibility index (Phi) is 5.50. The van der Waals surface area contributed by atoms with Gasteiger partial charge in [0.2, 0.25) is 0 Å². The summed E-state index contributed by atoms with van der Waals surface area (Å²) < 4.78 is 5.73. The highest BCUT2D eigenvalue weighted by atomic mass is 35.5. The van der Waals surface area contributed by atoms with Gasteiger partial charge in [0.25, 0.3) is 6.01 Å². The molecule has 1 heterocycles. The molecular weight excluding hydrogens is 459 g/mol. The number of carboxylic acids is 1. The zero-order valence-electron chi connectivity index (χ0n) is 17.0. The Bertz CT molecular complexity index is 1480. The van der Waals surface area contributed by atoms with E-state index in [4.69, 9.17) is 27.9 Å². The molecule has 0 fully saturated rings. The lowest BCUT2D eigenvalue weighted by atomic mass is 10.00. The van der Waals surface area contributed by atoms with Crippen LogP contribution in [0.5, 0.6) is 11.8 Å². The van der Waals surface area contributed by atoms with Gasteiger partial charge in [-0.05, 0) is 47.0 Å². The quantitative estimate of drug-likeness (QED) is 0.273. The second-order valence-corrected chi connectivity index (χ2v) is 8.20. The fourth-order valence-electron chi connectivity index (χ4n) is 3.57. The number of ether oxygens (including phenoxy) is 1. The van der Waals surface area contributed by atoms with Crippen LogP contribution in [-0.4, -0.2) is 21.0 Å². The normalized spacial score (nSPS) is 11.0. The minimum Gasteiger partial charge on any atom is -0.478 e. The maximum atomic E-state index is 11.2. The number of hydrogen-bond acceptors (Lipinski definition) is 3. The molecule has 7 heteroatoms. The Morgan fingerprint density at radius 3 is 2.24 bits per heavy atom. The Balaban J connectivity index is 1.46. The highest BCUT2D eigenvalue weighted by Crippen LogP contribution is 2.35. The van der Waals surface area contributed by atoms with Gasteiger partial charge in [-0.15, -0.1) is 0 Å². The molecule has 0 bridgehead atoms. The molecule has 0 amide bonds. The molecule has 5 nitrogen and oxygen atoms in total. The molecular formula is C26H16Cl2N2O3. The van der Waals surface area contributed by atoms with E-state index in [2.05, 4.69) is 34.2 Å². The number of rotatable bonds is 5. The van der Waals surface area contributed by atoms with Crippen LogP contribution in [-0.2, 0) is 0 Å². The first kappa shape index (κ1) is 21.1. The molecule has 0 saturated heterocycles. The van der Waals surface area contributed by atoms with E-state index in [1.54, 1.807) is 6.07 Å². The first-order valence-electron chi connectivity index (χ1n) is 10.0. The number of H-pyrrole nitrogens is 1. The van der Waals surface area contributed by atoms with Gasteiger partial charge in [0.15, 0.2) is 5.75 Å². The Labute approximate surface area is 199 Å². The molecule has 0 radical (unpaired) electrons. The zero-order valence-corrected chi connectivity index (χ0v) is 18.6. The summed E-state index contributed by atoms with van der Waals surface area (Å²) in [4.78, 5) is 18.8. The van der Waals surface area contributed by atoms with Crippen LogP contribution < -0.4 is 4.74 Å². The smallest absolute Gasteiger partial charge is 0.335 e. The van der Waals surface area contributed by atoms with E-state index in [1.165, 1.54) is 18.2 Å². The predicted octanol–water partition coefficient (Wildman–Crippen LogP) is 7.69. The molecule has 0 aliphatic carbocycles. The second-order valence-electron chi connectivity index (χ2n) is 7.39. The molecule has 5 rings (SSSR count). The van der Waals surface area contributed by atoms with E-state index in [0.29, 0.717) is 16.1 Å². The third kappa shape index (κ3) is 4.29. The van der Waals surface area contributed by atoms with Crippen molar-refractivity contribution >= 4 is 40.2 Å². The van der Waals surface area contributed by atoms with Gasteiger partial charge in [-0.25, -0.2) is 4.79 Å². The summed E-state index contributed by atoms with van der Waals surface area (Å²) >= 11 is 12.7. The van der Waals surface area contributed by atoms with Crippen molar-refractivity contribution in [2.45, 2.75) is 0 Å². The maximum absolute atomic E-state index is 11.2. The molecule has 0 unspecified atom stereocenters. The molecule has 1 aromatic heterocycles. The van der Waals surface area contributed by atoms with Crippen LogP contribution in [0.4, 0.5) is 0 Å². The number of nitrogens with one attached hydrogen (secondary N) is 1. The van der Waals surface area contributed by atoms with Crippen molar-refractivity contribution in [3.05, 3.63) is 101 Å². The standard InChI is InChI=1S/C26H16Cl2N2O3/c27-20-11-10-18(25(31)32)12-24(20)33-26-29-22-13-19(21(28)14-23(22)30-26)17-8-6-16(7-9-17)15-4-2-1-3-5-15/h1-14H,(H,29,30)(H,31,32). The van der Waals surface area contributed by atoms with Crippen LogP contribution in [0.2, 0.25) is 10.0 Å². The molecule has 0 spiro atoms. The van der Waals surface area contributed by atoms with Crippen molar-refractivity contribution in [2.75, 3.05) is 0 Å². The average Bonchev–Trinajstić information content (AvgIpc) is 3.21. The van der Waals surface area contributed by atoms with Crippen molar-refractivity contribution in [3.63, 3.8) is 0 Å². The number of aromatic carboxylic acids is 1. The summed E-state index contributed by atoms with van der Waals surface area (Å²) in [7, 11) is 0. The minimum absolute atomic E-state index is 0.0646. The molecule has 0 aliphatic rings. The van der Waals surface area contributed by atoms with Gasteiger partial charge in [0.05, 0.1) is 26.6 Å². The fraction of sp³-hybridized carbons (Fsp3) is 0. The number of hydrogen-bond donors (Lipinski definition) is 2. The number of imidazole rings is 1. The van der Waals surface area contributed by atoms with Crippen molar-refractivity contribution < 1.29 is 14.6 Å². The lowest BCUT2D eigenvalue weighted by molar-refractivity contribution is 0.0696. The van der Waals surface area contributed by atoms with E-state index in [-0.39, 0.29) is 22.3 Å². The number of fused-ring (bicyclic) bond motifs is 1. The van der Waals surface area contributed by atoms with Crippen LogP contribution in [0.25, 0.3) is 33.3 Å². The molecule has 0 atom stereocenters. The van der Waals surface area contributed by atoms with E-state index >= 15 is 0 Å². The second kappa shape index (κ2) is 8.62. The molecule has 33 heavy (non-hydrogen) atoms. The predicted molar refractivity (Wildman–Crippen MR) is 130 cm³/mol. The number of benzene rings is 4. The lowest BCUT2D eigenvalue weighted by Crippen LogP contribution is -1.97. The summed E-state index contributed by atoms with van der Waals surface area (Å²) in [6, 6.07) is 26.4. The van der Waals surface area contributed by atoms with Gasteiger partial charge in [-0.1, -0.05) is 77.8 Å². The van der Waals surface area contributed by atoms with Crippen molar-refractivity contribution in [3.8, 4) is 34.0 Å². The van der Waals surface area contributed by atoms with Crippen molar-refractivity contribution in [1.82, 2.24) is 9.97 Å². The van der Waals surface area contributed by atoms with Gasteiger partial charge in [0.1, 0.15) is 0 Å². The van der Waals surface area contributed by atoms with Gasteiger partial charge < -0.3 is 14.8 Å². The molecule has 0 aliphatic heterocycles. The van der Waals surface area contributed by atoms with E-state index < -0.39 is 5.97 Å². The van der Waals surface area contributed by atoms with E-state index in [1.807, 2.05) is 36.4 Å². The third-order valence-corrected chi connectivity index (χ3v) is 5.86. The number of aromatic amines is 1. The summed E-state index contributed by atoms with van der Waals surface area (Å²) in [5, 5.41) is 10.0. The SMILES string of the molecule is O=C(O)c1ccc(Cl)c(Oc2nc3cc(-c4ccc(-c5ccccc5)cc4)c(Cl)cc3[nH]2)c1. The number of carbonyl (C=O) groups is 1. The Morgan fingerprint density at radius 1 is 0.818 bits per heavy atom. The molecule has 2 N–H and O–H groups in total. The highest BCUT2D eigenvalue weighted by Gasteiger charge is 2.14. The van der Waals surface area contributed by atoms with Crippen LogP contribution >= 0.6 is 23.2 Å². The number of aromatic nitrogens is 2. The first-order chi connectivity index (χ1) is 16.0. The molecule has 0 saturated carbocycles. The van der Waals surface area contributed by atoms with Crippen LogP contribution in [0.15, 0.2) is 84.9 Å².